The van der Waals surface area contributed by atoms with E-state index in [1.54, 1.807) is 6.07 Å². The molecule has 0 aliphatic heterocycles. The van der Waals surface area contributed by atoms with E-state index in [0.29, 0.717) is 13.1 Å². The predicted octanol–water partition coefficient (Wildman–Crippen LogP) is 3.14. The Bertz CT molecular complexity index is 620. The van der Waals surface area contributed by atoms with Crippen molar-refractivity contribution in [3.05, 3.63) is 55.9 Å². The van der Waals surface area contributed by atoms with Crippen LogP contribution in [0.5, 0.6) is 0 Å². The summed E-state index contributed by atoms with van der Waals surface area (Å²) in [5.74, 6) is 0.775. The standard InChI is InChI=1S/C13H14ClN3O3/c1-8-11(9(2)20-16-8)7-15-6-10-3-4-12(14)13(5-10)17(18)19/h3-5,15H,6-7H2,1-2H3. The average molecular weight is 296 g/mol. The van der Waals surface area contributed by atoms with Gasteiger partial charge in [0.2, 0.25) is 0 Å². The maximum absolute atomic E-state index is 10.8. The van der Waals surface area contributed by atoms with Crippen LogP contribution in [0.15, 0.2) is 22.7 Å². The first-order valence-corrected chi connectivity index (χ1v) is 6.42. The Hall–Kier alpha value is -1.92. The number of nitrogens with zero attached hydrogens (tertiary/aromatic N) is 2. The van der Waals surface area contributed by atoms with Crippen molar-refractivity contribution in [1.82, 2.24) is 10.5 Å². The summed E-state index contributed by atoms with van der Waals surface area (Å²) in [6, 6.07) is 4.77. The molecule has 0 atom stereocenters. The van der Waals surface area contributed by atoms with Gasteiger partial charge in [-0.3, -0.25) is 10.1 Å². The summed E-state index contributed by atoms with van der Waals surface area (Å²) in [6.45, 7) is 4.82. The molecule has 0 radical (unpaired) electrons. The third-order valence-corrected chi connectivity index (χ3v) is 3.34. The number of aryl methyl sites for hydroxylation is 2. The molecule has 0 aliphatic carbocycles. The highest BCUT2D eigenvalue weighted by Gasteiger charge is 2.13. The van der Waals surface area contributed by atoms with Gasteiger partial charge in [0.15, 0.2) is 0 Å². The van der Waals surface area contributed by atoms with E-state index in [1.807, 2.05) is 13.8 Å². The molecule has 1 aromatic heterocycles. The maximum Gasteiger partial charge on any atom is 0.288 e. The van der Waals surface area contributed by atoms with Crippen molar-refractivity contribution >= 4 is 17.3 Å². The molecule has 1 N–H and O–H groups in total. The van der Waals surface area contributed by atoms with Crippen molar-refractivity contribution in [2.45, 2.75) is 26.9 Å². The van der Waals surface area contributed by atoms with Crippen LogP contribution in [0.1, 0.15) is 22.6 Å². The Kier molecular flexibility index (Phi) is 4.36. The largest absolute Gasteiger partial charge is 0.361 e. The molecule has 6 nitrogen and oxygen atoms in total. The smallest absolute Gasteiger partial charge is 0.288 e. The van der Waals surface area contributed by atoms with Crippen LogP contribution in [0.4, 0.5) is 5.69 Å². The molecule has 0 amide bonds. The number of nitro groups is 1. The van der Waals surface area contributed by atoms with E-state index >= 15 is 0 Å². The fourth-order valence-electron chi connectivity index (χ4n) is 1.89. The van der Waals surface area contributed by atoms with Gasteiger partial charge in [0.1, 0.15) is 10.8 Å². The van der Waals surface area contributed by atoms with Crippen molar-refractivity contribution in [2.24, 2.45) is 0 Å². The van der Waals surface area contributed by atoms with Gasteiger partial charge in [-0.15, -0.1) is 0 Å². The van der Waals surface area contributed by atoms with Gasteiger partial charge < -0.3 is 9.84 Å². The van der Waals surface area contributed by atoms with Gasteiger partial charge in [0.05, 0.1) is 10.6 Å². The lowest BCUT2D eigenvalue weighted by Gasteiger charge is -2.05. The number of benzene rings is 1. The second-order valence-electron chi connectivity index (χ2n) is 4.45. The van der Waals surface area contributed by atoms with Gasteiger partial charge >= 0.3 is 0 Å². The summed E-state index contributed by atoms with van der Waals surface area (Å²) in [5, 5.41) is 18.0. The number of aromatic nitrogens is 1. The molecular formula is C13H14ClN3O3. The molecule has 106 valence electrons. The minimum absolute atomic E-state index is 0.0803. The highest BCUT2D eigenvalue weighted by atomic mass is 35.5. The first-order valence-electron chi connectivity index (χ1n) is 6.04. The highest BCUT2D eigenvalue weighted by molar-refractivity contribution is 6.32. The fourth-order valence-corrected chi connectivity index (χ4v) is 2.08. The Morgan fingerprint density at radius 2 is 2.15 bits per heavy atom. The van der Waals surface area contributed by atoms with Gasteiger partial charge in [-0.05, 0) is 25.5 Å². The lowest BCUT2D eigenvalue weighted by atomic mass is 10.1. The molecular weight excluding hydrogens is 282 g/mol. The van der Waals surface area contributed by atoms with Gasteiger partial charge in [0, 0.05) is 24.7 Å². The second-order valence-corrected chi connectivity index (χ2v) is 4.86. The number of hydrogen-bond acceptors (Lipinski definition) is 5. The lowest BCUT2D eigenvalue weighted by Crippen LogP contribution is -2.13. The van der Waals surface area contributed by atoms with Gasteiger partial charge in [-0.25, -0.2) is 0 Å². The molecule has 20 heavy (non-hydrogen) atoms. The third kappa shape index (κ3) is 3.15. The topological polar surface area (TPSA) is 81.2 Å². The van der Waals surface area contributed by atoms with Gasteiger partial charge in [-0.1, -0.05) is 22.8 Å². The van der Waals surface area contributed by atoms with Crippen LogP contribution in [0.25, 0.3) is 0 Å². The van der Waals surface area contributed by atoms with Crippen molar-refractivity contribution in [2.75, 3.05) is 0 Å². The van der Waals surface area contributed by atoms with Crippen LogP contribution in [-0.2, 0) is 13.1 Å². The highest BCUT2D eigenvalue weighted by Crippen LogP contribution is 2.25. The number of nitro benzene ring substituents is 1. The molecule has 0 bridgehead atoms. The molecule has 0 spiro atoms. The first kappa shape index (κ1) is 14.5. The normalized spacial score (nSPS) is 10.8. The summed E-state index contributed by atoms with van der Waals surface area (Å²) >= 11 is 5.77. The Labute approximate surface area is 120 Å². The van der Waals surface area contributed by atoms with E-state index in [1.165, 1.54) is 12.1 Å². The minimum Gasteiger partial charge on any atom is -0.361 e. The molecule has 2 rings (SSSR count). The molecule has 0 unspecified atom stereocenters. The summed E-state index contributed by atoms with van der Waals surface area (Å²) < 4.78 is 5.07. The van der Waals surface area contributed by atoms with Crippen molar-refractivity contribution in [3.8, 4) is 0 Å². The second kappa shape index (κ2) is 6.02. The Balaban J connectivity index is 2.01. The van der Waals surface area contributed by atoms with E-state index in [0.717, 1.165) is 22.6 Å². The van der Waals surface area contributed by atoms with E-state index in [9.17, 15) is 10.1 Å². The molecule has 0 saturated carbocycles. The monoisotopic (exact) mass is 295 g/mol. The quantitative estimate of drug-likeness (QED) is 0.677. The molecule has 2 aromatic rings. The Morgan fingerprint density at radius 3 is 2.75 bits per heavy atom. The van der Waals surface area contributed by atoms with Gasteiger partial charge in [-0.2, -0.15) is 0 Å². The molecule has 7 heteroatoms. The molecule has 1 aromatic carbocycles. The predicted molar refractivity (Wildman–Crippen MR) is 74.6 cm³/mol. The van der Waals surface area contributed by atoms with Crippen LogP contribution >= 0.6 is 11.6 Å². The maximum atomic E-state index is 10.8. The zero-order chi connectivity index (χ0) is 14.7. The summed E-state index contributed by atoms with van der Waals surface area (Å²) in [5.41, 5.74) is 2.57. The van der Waals surface area contributed by atoms with Crippen LogP contribution in [0.2, 0.25) is 5.02 Å². The average Bonchev–Trinajstić information content (AvgIpc) is 2.72. The zero-order valence-electron chi connectivity index (χ0n) is 11.1. The van der Waals surface area contributed by atoms with Crippen LogP contribution < -0.4 is 5.32 Å². The number of nitrogens with one attached hydrogen (secondary N) is 1. The fraction of sp³-hybridized carbons (Fsp3) is 0.308. The minimum atomic E-state index is -0.486. The number of rotatable bonds is 5. The van der Waals surface area contributed by atoms with E-state index in [4.69, 9.17) is 16.1 Å². The number of hydrogen-bond donors (Lipinski definition) is 1. The van der Waals surface area contributed by atoms with Crippen LogP contribution in [0.3, 0.4) is 0 Å². The lowest BCUT2D eigenvalue weighted by molar-refractivity contribution is -0.384. The summed E-state index contributed by atoms with van der Waals surface area (Å²) in [6.07, 6.45) is 0. The molecule has 1 heterocycles. The Morgan fingerprint density at radius 1 is 1.40 bits per heavy atom. The molecule has 0 fully saturated rings. The van der Waals surface area contributed by atoms with E-state index in [2.05, 4.69) is 10.5 Å². The summed E-state index contributed by atoms with van der Waals surface area (Å²) in [7, 11) is 0. The molecule has 0 aliphatic rings. The first-order chi connectivity index (χ1) is 9.49. The van der Waals surface area contributed by atoms with Crippen molar-refractivity contribution in [1.29, 1.82) is 0 Å². The SMILES string of the molecule is Cc1noc(C)c1CNCc1ccc(Cl)c([N+](=O)[O-])c1. The van der Waals surface area contributed by atoms with Crippen molar-refractivity contribution < 1.29 is 9.45 Å². The van der Waals surface area contributed by atoms with Gasteiger partial charge in [0.25, 0.3) is 5.69 Å². The van der Waals surface area contributed by atoms with Crippen molar-refractivity contribution in [3.63, 3.8) is 0 Å². The zero-order valence-corrected chi connectivity index (χ0v) is 11.9. The van der Waals surface area contributed by atoms with E-state index < -0.39 is 4.92 Å². The van der Waals surface area contributed by atoms with Crippen LogP contribution in [-0.4, -0.2) is 10.1 Å². The number of halogens is 1. The van der Waals surface area contributed by atoms with E-state index in [-0.39, 0.29) is 10.7 Å². The third-order valence-electron chi connectivity index (χ3n) is 3.02. The molecule has 0 saturated heterocycles. The van der Waals surface area contributed by atoms with Crippen LogP contribution in [0, 0.1) is 24.0 Å². The summed E-state index contributed by atoms with van der Waals surface area (Å²) in [4.78, 5) is 10.3.